The second kappa shape index (κ2) is 9.93. The molecule has 0 N–H and O–H groups in total. The highest BCUT2D eigenvalue weighted by Gasteiger charge is 2.29. The average Bonchev–Trinajstić information content (AvgIpc) is 3.23. The number of thiophene rings is 1. The Hall–Kier alpha value is -2.90. The lowest BCUT2D eigenvalue weighted by Crippen LogP contribution is -2.36. The minimum absolute atomic E-state index is 0.169. The van der Waals surface area contributed by atoms with E-state index < -0.39 is 23.2 Å². The summed E-state index contributed by atoms with van der Waals surface area (Å²) in [5.41, 5.74) is 1.10. The van der Waals surface area contributed by atoms with Crippen molar-refractivity contribution >= 4 is 34.7 Å². The summed E-state index contributed by atoms with van der Waals surface area (Å²) in [6.07, 6.45) is 1.78. The van der Waals surface area contributed by atoms with Crippen molar-refractivity contribution in [3.05, 3.63) is 73.8 Å². The van der Waals surface area contributed by atoms with Gasteiger partial charge in [0.2, 0.25) is 0 Å². The summed E-state index contributed by atoms with van der Waals surface area (Å²) < 4.78 is 12.5. The van der Waals surface area contributed by atoms with Crippen LogP contribution in [0.3, 0.4) is 0 Å². The van der Waals surface area contributed by atoms with Gasteiger partial charge < -0.3 is 9.47 Å². The number of Topliss-reactive ketones (excluding diaryl/α,β-unsaturated/α-hetero) is 1. The molecule has 0 radical (unpaired) electrons. The highest BCUT2D eigenvalue weighted by molar-refractivity contribution is 7.07. The van der Waals surface area contributed by atoms with Crippen molar-refractivity contribution < 1.29 is 19.1 Å². The number of esters is 1. The summed E-state index contributed by atoms with van der Waals surface area (Å²) in [5.74, 6) is -0.354. The molecule has 0 spiro atoms. The van der Waals surface area contributed by atoms with E-state index in [1.54, 1.807) is 39.0 Å². The Morgan fingerprint density at radius 3 is 2.45 bits per heavy atom. The Morgan fingerprint density at radius 1 is 1.15 bits per heavy atom. The van der Waals surface area contributed by atoms with Crippen LogP contribution in [0.25, 0.3) is 11.1 Å². The zero-order chi connectivity index (χ0) is 24.3. The van der Waals surface area contributed by atoms with E-state index in [1.165, 1.54) is 42.2 Å². The first-order valence-corrected chi connectivity index (χ1v) is 11.7. The molecule has 3 rings (SSSR count). The SMILES string of the molecule is COc1cn(C(Cc2ccsc2)C(=O)OC(C)(C)C)c(=O)cc1-c1cc(Cl)ccc1C(C)=O. The molecule has 2 aromatic heterocycles. The fourth-order valence-electron chi connectivity index (χ4n) is 3.49. The van der Waals surface area contributed by atoms with Gasteiger partial charge in [-0.25, -0.2) is 4.79 Å². The predicted molar refractivity (Wildman–Crippen MR) is 131 cm³/mol. The van der Waals surface area contributed by atoms with Crippen molar-refractivity contribution in [3.63, 3.8) is 0 Å². The fourth-order valence-corrected chi connectivity index (χ4v) is 4.34. The molecule has 0 bridgehead atoms. The van der Waals surface area contributed by atoms with Crippen LogP contribution in [-0.2, 0) is 16.0 Å². The number of rotatable bonds is 7. The zero-order valence-electron chi connectivity index (χ0n) is 19.2. The molecule has 0 aliphatic heterocycles. The van der Waals surface area contributed by atoms with E-state index >= 15 is 0 Å². The third kappa shape index (κ3) is 5.92. The van der Waals surface area contributed by atoms with E-state index in [-0.39, 0.29) is 12.2 Å². The molecular weight excluding hydrogens is 462 g/mol. The van der Waals surface area contributed by atoms with Gasteiger partial charge in [0.05, 0.1) is 13.3 Å². The van der Waals surface area contributed by atoms with E-state index in [2.05, 4.69) is 0 Å². The molecule has 0 fully saturated rings. The van der Waals surface area contributed by atoms with Gasteiger partial charge in [-0.1, -0.05) is 11.6 Å². The number of pyridine rings is 1. The highest BCUT2D eigenvalue weighted by Crippen LogP contribution is 2.34. The Morgan fingerprint density at radius 2 is 1.88 bits per heavy atom. The topological polar surface area (TPSA) is 74.6 Å². The first kappa shape index (κ1) is 24.7. The number of methoxy groups -OCH3 is 1. The van der Waals surface area contributed by atoms with Crippen LogP contribution in [0, 0.1) is 0 Å². The van der Waals surface area contributed by atoms with Crippen LogP contribution in [-0.4, -0.2) is 29.0 Å². The number of aromatic nitrogens is 1. The van der Waals surface area contributed by atoms with Crippen LogP contribution in [0.2, 0.25) is 5.02 Å². The van der Waals surface area contributed by atoms with Gasteiger partial charge in [-0.15, -0.1) is 0 Å². The maximum atomic E-state index is 13.3. The first-order valence-electron chi connectivity index (χ1n) is 10.3. The molecule has 6 nitrogen and oxygen atoms in total. The second-order valence-corrected chi connectivity index (χ2v) is 9.85. The van der Waals surface area contributed by atoms with Crippen molar-refractivity contribution in [3.8, 4) is 16.9 Å². The van der Waals surface area contributed by atoms with E-state index in [0.29, 0.717) is 27.5 Å². The normalized spacial score (nSPS) is 12.3. The van der Waals surface area contributed by atoms with Gasteiger partial charge in [-0.05, 0) is 73.8 Å². The zero-order valence-corrected chi connectivity index (χ0v) is 20.8. The van der Waals surface area contributed by atoms with Crippen LogP contribution in [0.5, 0.6) is 5.75 Å². The average molecular weight is 488 g/mol. The molecule has 0 aliphatic rings. The molecule has 0 saturated carbocycles. The molecule has 0 saturated heterocycles. The summed E-state index contributed by atoms with van der Waals surface area (Å²) in [6, 6.07) is 7.24. The minimum atomic E-state index is -0.888. The molecule has 3 aromatic rings. The van der Waals surface area contributed by atoms with E-state index in [1.807, 2.05) is 16.8 Å². The van der Waals surface area contributed by atoms with Gasteiger partial charge in [-0.2, -0.15) is 11.3 Å². The number of benzene rings is 1. The lowest BCUT2D eigenvalue weighted by atomic mass is 9.97. The molecule has 0 aliphatic carbocycles. The van der Waals surface area contributed by atoms with Crippen molar-refractivity contribution in [1.29, 1.82) is 0 Å². The van der Waals surface area contributed by atoms with Crippen molar-refractivity contribution in [2.24, 2.45) is 0 Å². The summed E-state index contributed by atoms with van der Waals surface area (Å²) in [5, 5.41) is 4.26. The van der Waals surface area contributed by atoms with Gasteiger partial charge in [-0.3, -0.25) is 14.2 Å². The molecule has 2 heterocycles. The van der Waals surface area contributed by atoms with Gasteiger partial charge in [0.25, 0.3) is 5.56 Å². The Balaban J connectivity index is 2.16. The lowest BCUT2D eigenvalue weighted by Gasteiger charge is -2.25. The number of ether oxygens (including phenoxy) is 2. The van der Waals surface area contributed by atoms with Crippen molar-refractivity contribution in [2.45, 2.75) is 45.8 Å². The predicted octanol–water partition coefficient (Wildman–Crippen LogP) is 5.57. The van der Waals surface area contributed by atoms with Crippen molar-refractivity contribution in [2.75, 3.05) is 7.11 Å². The van der Waals surface area contributed by atoms with E-state index in [9.17, 15) is 14.4 Å². The van der Waals surface area contributed by atoms with Crippen LogP contribution < -0.4 is 10.3 Å². The van der Waals surface area contributed by atoms with E-state index in [4.69, 9.17) is 21.1 Å². The quantitative estimate of drug-likeness (QED) is 0.322. The molecule has 1 aromatic carbocycles. The summed E-state index contributed by atoms with van der Waals surface area (Å²) in [7, 11) is 1.47. The third-order valence-electron chi connectivity index (χ3n) is 4.94. The number of carbonyl (C=O) groups excluding carboxylic acids is 2. The second-order valence-electron chi connectivity index (χ2n) is 8.63. The number of ketones is 1. The molecule has 33 heavy (non-hydrogen) atoms. The molecular formula is C25H26ClNO5S. The molecule has 1 unspecified atom stereocenters. The lowest BCUT2D eigenvalue weighted by molar-refractivity contribution is -0.159. The number of hydrogen-bond acceptors (Lipinski definition) is 6. The number of halogens is 1. The Labute approximate surface area is 201 Å². The van der Waals surface area contributed by atoms with Crippen LogP contribution in [0.4, 0.5) is 0 Å². The van der Waals surface area contributed by atoms with E-state index in [0.717, 1.165) is 5.56 Å². The highest BCUT2D eigenvalue weighted by atomic mass is 35.5. The van der Waals surface area contributed by atoms with Gasteiger partial charge in [0.15, 0.2) is 5.78 Å². The standard InChI is InChI=1S/C25H26ClNO5S/c1-15(28)18-7-6-17(26)11-19(18)20-12-23(29)27(13-22(20)31-5)21(10-16-8-9-33-14-16)24(30)32-25(2,3)4/h6-9,11-14,21H,10H2,1-5H3. The number of hydrogen-bond donors (Lipinski definition) is 0. The maximum Gasteiger partial charge on any atom is 0.330 e. The van der Waals surface area contributed by atoms with Gasteiger partial charge in [0.1, 0.15) is 17.4 Å². The third-order valence-corrected chi connectivity index (χ3v) is 5.91. The van der Waals surface area contributed by atoms with Crippen molar-refractivity contribution in [1.82, 2.24) is 4.57 Å². The van der Waals surface area contributed by atoms with Crippen LogP contribution in [0.15, 0.2) is 52.1 Å². The smallest absolute Gasteiger partial charge is 0.330 e. The van der Waals surface area contributed by atoms with Crippen LogP contribution in [0.1, 0.15) is 49.7 Å². The van der Waals surface area contributed by atoms with Gasteiger partial charge in [0, 0.05) is 28.6 Å². The molecule has 174 valence electrons. The number of nitrogens with zero attached hydrogens (tertiary/aromatic N) is 1. The summed E-state index contributed by atoms with van der Waals surface area (Å²) in [4.78, 5) is 38.6. The summed E-state index contributed by atoms with van der Waals surface area (Å²) in [6.45, 7) is 6.78. The largest absolute Gasteiger partial charge is 0.495 e. The Kier molecular flexibility index (Phi) is 7.44. The van der Waals surface area contributed by atoms with Crippen LogP contribution >= 0.6 is 22.9 Å². The molecule has 0 amide bonds. The Bertz CT molecular complexity index is 1220. The monoisotopic (exact) mass is 487 g/mol. The van der Waals surface area contributed by atoms with Gasteiger partial charge >= 0.3 is 5.97 Å². The first-order chi connectivity index (χ1) is 15.5. The number of carbonyl (C=O) groups is 2. The minimum Gasteiger partial charge on any atom is -0.495 e. The summed E-state index contributed by atoms with van der Waals surface area (Å²) >= 11 is 7.69. The maximum absolute atomic E-state index is 13.3. The fraction of sp³-hybridized carbons (Fsp3) is 0.320. The molecule has 8 heteroatoms. The molecule has 1 atom stereocenters.